The van der Waals surface area contributed by atoms with Crippen LogP contribution in [0.15, 0.2) is 24.3 Å². The Hall–Kier alpha value is -1.46. The second kappa shape index (κ2) is 7.52. The van der Waals surface area contributed by atoms with E-state index < -0.39 is 6.10 Å². The van der Waals surface area contributed by atoms with E-state index in [9.17, 15) is 4.79 Å². The molecule has 1 atom stereocenters. The molecule has 1 aromatic carbocycles. The lowest BCUT2D eigenvalue weighted by molar-refractivity contribution is -0.127. The number of hydrogen-bond donors (Lipinski definition) is 2. The van der Waals surface area contributed by atoms with Gasteiger partial charge in [-0.05, 0) is 49.9 Å². The van der Waals surface area contributed by atoms with Gasteiger partial charge in [-0.1, -0.05) is 25.1 Å². The second-order valence-corrected chi connectivity index (χ2v) is 6.00. The Morgan fingerprint density at radius 1 is 1.38 bits per heavy atom. The lowest BCUT2D eigenvalue weighted by Crippen LogP contribution is -2.29. The van der Waals surface area contributed by atoms with Crippen LogP contribution in [0, 0.1) is 5.92 Å². The van der Waals surface area contributed by atoms with Gasteiger partial charge in [0.25, 0.3) is 5.91 Å². The van der Waals surface area contributed by atoms with E-state index in [4.69, 9.17) is 22.7 Å². The van der Waals surface area contributed by atoms with Gasteiger partial charge in [0.15, 0.2) is 0 Å². The lowest BCUT2D eigenvalue weighted by Gasteiger charge is -2.16. The minimum Gasteiger partial charge on any atom is -0.389 e. The molecular weight excluding hydrogens is 284 g/mol. The highest BCUT2D eigenvalue weighted by molar-refractivity contribution is 7.80. The molecule has 1 aliphatic carbocycles. The van der Waals surface area contributed by atoms with Gasteiger partial charge in [-0.2, -0.15) is 0 Å². The number of ether oxygens (including phenoxy) is 1. The van der Waals surface area contributed by atoms with Crippen LogP contribution >= 0.6 is 12.2 Å². The summed E-state index contributed by atoms with van der Waals surface area (Å²) in [6, 6.07) is 7.16. The molecule has 0 heterocycles. The van der Waals surface area contributed by atoms with Gasteiger partial charge in [0.05, 0.1) is 6.61 Å². The first-order valence-electron chi connectivity index (χ1n) is 7.38. The van der Waals surface area contributed by atoms with Gasteiger partial charge in [-0.3, -0.25) is 4.79 Å². The van der Waals surface area contributed by atoms with Crippen molar-refractivity contribution in [1.82, 2.24) is 0 Å². The average Bonchev–Trinajstić information content (AvgIpc) is 2.98. The van der Waals surface area contributed by atoms with E-state index in [2.05, 4.69) is 5.32 Å². The van der Waals surface area contributed by atoms with E-state index in [0.29, 0.717) is 17.5 Å². The van der Waals surface area contributed by atoms with Gasteiger partial charge in [0, 0.05) is 11.3 Å². The summed E-state index contributed by atoms with van der Waals surface area (Å²) >= 11 is 4.89. The highest BCUT2D eigenvalue weighted by Crippen LogP contribution is 2.25. The maximum atomic E-state index is 12.0. The number of nitrogens with two attached hydrogens (primary N) is 1. The number of hydrogen-bond acceptors (Lipinski definition) is 3. The molecule has 0 spiro atoms. The topological polar surface area (TPSA) is 64.3 Å². The fraction of sp³-hybridized carbons (Fsp3) is 0.500. The molecule has 3 N–H and O–H groups in total. The number of thiocarbonyl (C=S) groups is 1. The van der Waals surface area contributed by atoms with Crippen LogP contribution in [0.25, 0.3) is 0 Å². The maximum absolute atomic E-state index is 12.0. The summed E-state index contributed by atoms with van der Waals surface area (Å²) in [6.45, 7) is 2.46. The smallest absolute Gasteiger partial charge is 0.253 e. The molecule has 1 aliphatic rings. The summed E-state index contributed by atoms with van der Waals surface area (Å²) < 4.78 is 5.67. The van der Waals surface area contributed by atoms with Crippen LogP contribution < -0.4 is 11.1 Å². The number of rotatable bonds is 6. The van der Waals surface area contributed by atoms with Crippen LogP contribution in [0.1, 0.15) is 38.2 Å². The molecule has 1 unspecified atom stereocenters. The molecule has 4 nitrogen and oxygen atoms in total. The molecule has 0 saturated heterocycles. The number of anilines is 1. The van der Waals surface area contributed by atoms with Crippen LogP contribution in [0.3, 0.4) is 0 Å². The fourth-order valence-corrected chi connectivity index (χ4v) is 2.63. The largest absolute Gasteiger partial charge is 0.389 e. The molecule has 1 fully saturated rings. The van der Waals surface area contributed by atoms with E-state index in [1.807, 2.05) is 0 Å². The van der Waals surface area contributed by atoms with Gasteiger partial charge in [-0.15, -0.1) is 0 Å². The molecule has 5 heteroatoms. The van der Waals surface area contributed by atoms with E-state index in [-0.39, 0.29) is 5.91 Å². The molecule has 1 amide bonds. The SMILES string of the molecule is CC(OCC1CCCC1)C(=O)Nc1ccc(C(N)=S)cc1. The molecule has 0 radical (unpaired) electrons. The van der Waals surface area contributed by atoms with Gasteiger partial charge in [-0.25, -0.2) is 0 Å². The Morgan fingerprint density at radius 2 is 2.00 bits per heavy atom. The molecule has 1 saturated carbocycles. The first-order valence-corrected chi connectivity index (χ1v) is 7.79. The van der Waals surface area contributed by atoms with Gasteiger partial charge < -0.3 is 15.8 Å². The van der Waals surface area contributed by atoms with Crippen LogP contribution in [-0.4, -0.2) is 23.6 Å². The summed E-state index contributed by atoms with van der Waals surface area (Å²) in [4.78, 5) is 12.4. The Bertz CT molecular complexity index is 496. The Morgan fingerprint density at radius 3 is 2.57 bits per heavy atom. The van der Waals surface area contributed by atoms with Crippen molar-refractivity contribution in [2.24, 2.45) is 11.7 Å². The van der Waals surface area contributed by atoms with Crippen molar-refractivity contribution in [2.45, 2.75) is 38.7 Å². The summed E-state index contributed by atoms with van der Waals surface area (Å²) in [7, 11) is 0. The van der Waals surface area contributed by atoms with Crippen molar-refractivity contribution in [3.8, 4) is 0 Å². The summed E-state index contributed by atoms with van der Waals surface area (Å²) in [5, 5.41) is 2.84. The summed E-state index contributed by atoms with van der Waals surface area (Å²) in [5.74, 6) is 0.487. The standard InChI is InChI=1S/C16H22N2O2S/c1-11(20-10-12-4-2-3-5-12)16(19)18-14-8-6-13(7-9-14)15(17)21/h6-9,11-12H,2-5,10H2,1H3,(H2,17,21)(H,18,19). The van der Waals surface area contributed by atoms with Crippen molar-refractivity contribution in [2.75, 3.05) is 11.9 Å². The Labute approximate surface area is 131 Å². The Kier molecular flexibility index (Phi) is 5.70. The molecule has 2 rings (SSSR count). The first-order chi connectivity index (χ1) is 10.1. The minimum absolute atomic E-state index is 0.129. The monoisotopic (exact) mass is 306 g/mol. The highest BCUT2D eigenvalue weighted by atomic mass is 32.1. The van der Waals surface area contributed by atoms with Crippen LogP contribution in [-0.2, 0) is 9.53 Å². The quantitative estimate of drug-likeness (QED) is 0.793. The van der Waals surface area contributed by atoms with Crippen molar-refractivity contribution in [1.29, 1.82) is 0 Å². The van der Waals surface area contributed by atoms with Crippen LogP contribution in [0.5, 0.6) is 0 Å². The van der Waals surface area contributed by atoms with Gasteiger partial charge in [0.1, 0.15) is 11.1 Å². The van der Waals surface area contributed by atoms with Crippen LogP contribution in [0.2, 0.25) is 0 Å². The molecule has 21 heavy (non-hydrogen) atoms. The molecule has 0 bridgehead atoms. The molecular formula is C16H22N2O2S. The lowest BCUT2D eigenvalue weighted by atomic mass is 10.1. The highest BCUT2D eigenvalue weighted by Gasteiger charge is 2.19. The van der Waals surface area contributed by atoms with Crippen molar-refractivity contribution < 1.29 is 9.53 Å². The average molecular weight is 306 g/mol. The number of carbonyl (C=O) groups is 1. The van der Waals surface area contributed by atoms with Crippen molar-refractivity contribution in [3.63, 3.8) is 0 Å². The van der Waals surface area contributed by atoms with E-state index >= 15 is 0 Å². The minimum atomic E-state index is -0.444. The van der Waals surface area contributed by atoms with Gasteiger partial charge in [0.2, 0.25) is 0 Å². The number of nitrogens with one attached hydrogen (secondary N) is 1. The van der Waals surface area contributed by atoms with Crippen molar-refractivity contribution in [3.05, 3.63) is 29.8 Å². The first kappa shape index (κ1) is 15.9. The molecule has 114 valence electrons. The third kappa shape index (κ3) is 4.79. The molecule has 0 aliphatic heterocycles. The van der Waals surface area contributed by atoms with E-state index in [1.54, 1.807) is 31.2 Å². The van der Waals surface area contributed by atoms with Crippen molar-refractivity contribution >= 4 is 28.8 Å². The van der Waals surface area contributed by atoms with E-state index in [1.165, 1.54) is 25.7 Å². The Balaban J connectivity index is 1.80. The number of benzene rings is 1. The normalized spacial score (nSPS) is 16.6. The third-order valence-corrected chi connectivity index (χ3v) is 4.10. The number of carbonyl (C=O) groups excluding carboxylic acids is 1. The van der Waals surface area contributed by atoms with Crippen LogP contribution in [0.4, 0.5) is 5.69 Å². The predicted octanol–water partition coefficient (Wildman–Crippen LogP) is 2.85. The molecule has 1 aromatic rings. The molecule has 0 aromatic heterocycles. The maximum Gasteiger partial charge on any atom is 0.253 e. The van der Waals surface area contributed by atoms with E-state index in [0.717, 1.165) is 11.3 Å². The third-order valence-electron chi connectivity index (χ3n) is 3.86. The summed E-state index contributed by atoms with van der Waals surface area (Å²) in [5.41, 5.74) is 7.04. The zero-order valence-electron chi connectivity index (χ0n) is 12.3. The summed E-state index contributed by atoms with van der Waals surface area (Å²) in [6.07, 6.45) is 4.55. The number of amides is 1. The zero-order valence-corrected chi connectivity index (χ0v) is 13.1. The van der Waals surface area contributed by atoms with Gasteiger partial charge >= 0.3 is 0 Å². The second-order valence-electron chi connectivity index (χ2n) is 5.56. The zero-order chi connectivity index (χ0) is 15.2. The predicted molar refractivity (Wildman–Crippen MR) is 88.3 cm³/mol. The fourth-order valence-electron chi connectivity index (χ4n) is 2.49.